The Morgan fingerprint density at radius 1 is 0.608 bits per heavy atom. The number of nitrogens with one attached hydrogen (secondary N) is 2. The average Bonchev–Trinajstić information content (AvgIpc) is 3.09. The number of rotatable bonds is 18. The first-order valence-corrected chi connectivity index (χ1v) is 19.1. The van der Waals surface area contributed by atoms with E-state index in [0.29, 0.717) is 24.6 Å². The number of para-hydroxylation sites is 2. The number of sulfonamides is 2. The number of benzene rings is 4. The highest BCUT2D eigenvalue weighted by atomic mass is 32.2. The van der Waals surface area contributed by atoms with Crippen molar-refractivity contribution in [1.29, 1.82) is 0 Å². The number of hydrogen-bond donors (Lipinski definition) is 4. The highest BCUT2D eigenvalue weighted by Gasteiger charge is 2.26. The van der Waals surface area contributed by atoms with Gasteiger partial charge in [0.25, 0.3) is 0 Å². The lowest BCUT2D eigenvalue weighted by Gasteiger charge is -2.18. The highest BCUT2D eigenvalue weighted by molar-refractivity contribution is 7.89. The molecule has 272 valence electrons. The maximum Gasteiger partial charge on any atom is 0.341 e. The van der Waals surface area contributed by atoms with Crippen molar-refractivity contribution >= 4 is 43.4 Å². The summed E-state index contributed by atoms with van der Waals surface area (Å²) >= 11 is 0. The van der Waals surface area contributed by atoms with Gasteiger partial charge in [-0.2, -0.15) is 0 Å². The van der Waals surface area contributed by atoms with Gasteiger partial charge in [0, 0.05) is 13.1 Å². The van der Waals surface area contributed by atoms with E-state index in [1.165, 1.54) is 12.1 Å². The van der Waals surface area contributed by atoms with E-state index in [9.17, 15) is 26.4 Å². The molecule has 0 bridgehead atoms. The Hall–Kier alpha value is -5.16. The van der Waals surface area contributed by atoms with E-state index < -0.39 is 48.6 Å². The van der Waals surface area contributed by atoms with Crippen LogP contribution in [0, 0.1) is 0 Å². The summed E-state index contributed by atoms with van der Waals surface area (Å²) < 4.78 is 72.9. The van der Waals surface area contributed by atoms with Gasteiger partial charge in [0.2, 0.25) is 26.8 Å². The van der Waals surface area contributed by atoms with Gasteiger partial charge in [0.15, 0.2) is 11.5 Å². The molecule has 0 amide bonds. The molecule has 0 saturated carbocycles. The van der Waals surface area contributed by atoms with Crippen LogP contribution in [0.1, 0.15) is 60.2 Å². The number of ether oxygens (including phenoxy) is 4. The van der Waals surface area contributed by atoms with Crippen LogP contribution >= 0.6 is 0 Å². The third-order valence-corrected chi connectivity index (χ3v) is 9.02. The third kappa shape index (κ3) is 10.9. The van der Waals surface area contributed by atoms with Gasteiger partial charge in [-0.1, -0.05) is 63.1 Å². The standard InChI is InChI=1S/C35H40N4O10S2/c1-3-5-17-38-28-19-24(21-30(50(36,42)43)32(28)48-26-13-9-7-10-14-26)34(40)46-23-47-35(41)25-20-29(39-18-6-4-2)33(31(22-25)51(37,44)45)49-27-15-11-8-12-16-27/h7-16,19-22,38-39H,3-6,17-18,23H2,1-2H3,(H2,36,42,43)(H2,37,44,45). The van der Waals surface area contributed by atoms with Crippen molar-refractivity contribution in [2.45, 2.75) is 49.3 Å². The van der Waals surface area contributed by atoms with Crippen LogP contribution in [0.15, 0.2) is 94.7 Å². The summed E-state index contributed by atoms with van der Waals surface area (Å²) in [6.07, 6.45) is 3.11. The van der Waals surface area contributed by atoms with E-state index in [1.54, 1.807) is 60.7 Å². The molecule has 4 rings (SSSR count). The number of anilines is 2. The average molecular weight is 741 g/mol. The predicted molar refractivity (Wildman–Crippen MR) is 191 cm³/mol. The minimum atomic E-state index is -4.42. The fourth-order valence-corrected chi connectivity index (χ4v) is 6.05. The van der Waals surface area contributed by atoms with Crippen LogP contribution in [-0.4, -0.2) is 48.7 Å². The van der Waals surface area contributed by atoms with Gasteiger partial charge in [-0.3, -0.25) is 0 Å². The SMILES string of the molecule is CCCCNc1cc(C(=O)OCOC(=O)c2cc(NCCCC)c(Oc3ccccc3)c(S(N)(=O)=O)c2)cc(S(N)(=O)=O)c1Oc1ccccc1. The van der Waals surface area contributed by atoms with Crippen molar-refractivity contribution in [1.82, 2.24) is 0 Å². The number of unbranched alkanes of at least 4 members (excludes halogenated alkanes) is 2. The van der Waals surface area contributed by atoms with Crippen molar-refractivity contribution < 1.29 is 45.4 Å². The molecular formula is C35H40N4O10S2. The van der Waals surface area contributed by atoms with Gasteiger partial charge in [-0.25, -0.2) is 36.7 Å². The molecule has 0 aliphatic carbocycles. The Balaban J connectivity index is 1.60. The fraction of sp³-hybridized carbons (Fsp3) is 0.257. The molecule has 0 fully saturated rings. The first-order valence-electron chi connectivity index (χ1n) is 16.0. The number of carbonyl (C=O) groups excluding carboxylic acids is 2. The molecule has 16 heteroatoms. The second-order valence-electron chi connectivity index (χ2n) is 11.2. The number of nitrogens with two attached hydrogens (primary N) is 2. The Kier molecular flexibility index (Phi) is 13.4. The maximum atomic E-state index is 13.2. The molecule has 4 aromatic carbocycles. The topological polar surface area (TPSA) is 215 Å². The van der Waals surface area contributed by atoms with E-state index in [1.807, 2.05) is 13.8 Å². The van der Waals surface area contributed by atoms with Gasteiger partial charge >= 0.3 is 11.9 Å². The summed E-state index contributed by atoms with van der Waals surface area (Å²) in [5.41, 5.74) is -0.120. The molecule has 4 aromatic rings. The molecule has 0 radical (unpaired) electrons. The van der Waals surface area contributed by atoms with Crippen LogP contribution in [0.25, 0.3) is 0 Å². The van der Waals surface area contributed by atoms with E-state index in [2.05, 4.69) is 10.6 Å². The van der Waals surface area contributed by atoms with Crippen molar-refractivity contribution in [2.24, 2.45) is 10.3 Å². The smallest absolute Gasteiger partial charge is 0.341 e. The summed E-state index contributed by atoms with van der Waals surface area (Å²) in [5, 5.41) is 17.2. The van der Waals surface area contributed by atoms with E-state index >= 15 is 0 Å². The van der Waals surface area contributed by atoms with Gasteiger partial charge in [0.1, 0.15) is 21.3 Å². The second kappa shape index (κ2) is 17.7. The van der Waals surface area contributed by atoms with Gasteiger partial charge in [-0.15, -0.1) is 0 Å². The zero-order valence-corrected chi connectivity index (χ0v) is 29.7. The molecule has 6 N–H and O–H groups in total. The van der Waals surface area contributed by atoms with Crippen LogP contribution < -0.4 is 30.4 Å². The molecule has 0 aliphatic rings. The number of esters is 2. The normalized spacial score (nSPS) is 11.4. The molecule has 0 spiro atoms. The lowest BCUT2D eigenvalue weighted by molar-refractivity contribution is -0.0167. The summed E-state index contributed by atoms with van der Waals surface area (Å²) in [5.74, 6) is -1.66. The molecule has 0 unspecified atom stereocenters. The summed E-state index contributed by atoms with van der Waals surface area (Å²) in [7, 11) is -8.84. The highest BCUT2D eigenvalue weighted by Crippen LogP contribution is 2.39. The Labute approximate surface area is 297 Å². The van der Waals surface area contributed by atoms with Gasteiger partial charge < -0.3 is 29.6 Å². The molecule has 51 heavy (non-hydrogen) atoms. The van der Waals surface area contributed by atoms with Crippen LogP contribution in [0.3, 0.4) is 0 Å². The first-order chi connectivity index (χ1) is 24.3. The van der Waals surface area contributed by atoms with Crippen molar-refractivity contribution in [3.8, 4) is 23.0 Å². The molecule has 14 nitrogen and oxygen atoms in total. The van der Waals surface area contributed by atoms with Crippen molar-refractivity contribution in [2.75, 3.05) is 30.5 Å². The van der Waals surface area contributed by atoms with E-state index in [0.717, 1.165) is 37.8 Å². The summed E-state index contributed by atoms with van der Waals surface area (Å²) in [6, 6.07) is 21.5. The predicted octanol–water partition coefficient (Wildman–Crippen LogP) is 5.96. The zero-order chi connectivity index (χ0) is 37.0. The zero-order valence-electron chi connectivity index (χ0n) is 28.1. The van der Waals surface area contributed by atoms with Crippen LogP contribution in [0.2, 0.25) is 0 Å². The monoisotopic (exact) mass is 740 g/mol. The fourth-order valence-electron chi connectivity index (χ4n) is 4.65. The minimum absolute atomic E-state index is 0.114. The maximum absolute atomic E-state index is 13.2. The number of hydrogen-bond acceptors (Lipinski definition) is 12. The van der Waals surface area contributed by atoms with E-state index in [-0.39, 0.29) is 34.0 Å². The molecule has 0 aromatic heterocycles. The van der Waals surface area contributed by atoms with Crippen LogP contribution in [-0.2, 0) is 29.5 Å². The Morgan fingerprint density at radius 3 is 1.31 bits per heavy atom. The third-order valence-electron chi connectivity index (χ3n) is 7.19. The van der Waals surface area contributed by atoms with Crippen molar-refractivity contribution in [3.05, 3.63) is 96.1 Å². The molecule has 0 aliphatic heterocycles. The van der Waals surface area contributed by atoms with E-state index in [4.69, 9.17) is 29.2 Å². The minimum Gasteiger partial charge on any atom is -0.454 e. The Morgan fingerprint density at radius 2 is 0.980 bits per heavy atom. The number of carbonyl (C=O) groups is 2. The molecule has 0 heterocycles. The van der Waals surface area contributed by atoms with Gasteiger partial charge in [0.05, 0.1) is 22.5 Å². The quantitative estimate of drug-likeness (QED) is 0.0528. The van der Waals surface area contributed by atoms with Crippen molar-refractivity contribution in [3.63, 3.8) is 0 Å². The lowest BCUT2D eigenvalue weighted by atomic mass is 10.1. The molecule has 0 saturated heterocycles. The second-order valence-corrected chi connectivity index (χ2v) is 14.2. The summed E-state index contributed by atoms with van der Waals surface area (Å²) in [4.78, 5) is 25.4. The van der Waals surface area contributed by atoms with Crippen LogP contribution in [0.5, 0.6) is 23.0 Å². The van der Waals surface area contributed by atoms with Crippen LogP contribution in [0.4, 0.5) is 11.4 Å². The Bertz CT molecular complexity index is 1900. The largest absolute Gasteiger partial charge is 0.454 e. The molecule has 0 atom stereocenters. The first kappa shape index (κ1) is 38.6. The molecular weight excluding hydrogens is 701 g/mol. The van der Waals surface area contributed by atoms with Gasteiger partial charge in [-0.05, 0) is 61.4 Å². The summed E-state index contributed by atoms with van der Waals surface area (Å²) in [6.45, 7) is 3.88. The number of primary sulfonamides is 2. The lowest BCUT2D eigenvalue weighted by Crippen LogP contribution is -2.18.